The molecule has 2 heterocycles. The van der Waals surface area contributed by atoms with E-state index in [1.165, 1.54) is 28.3 Å². The van der Waals surface area contributed by atoms with Gasteiger partial charge in [0.05, 0.1) is 35.2 Å². The SMILES string of the molecule is Nc1ccc(-c2ccc(F)cc2)cc1NC(=O)c1ccc(C2(c3nc4c(s3)COCC4)CC2)cc1. The van der Waals surface area contributed by atoms with Crippen LogP contribution in [0.1, 0.15) is 44.3 Å². The molecule has 0 bridgehead atoms. The lowest BCUT2D eigenvalue weighted by Gasteiger charge is -2.14. The zero-order valence-corrected chi connectivity index (χ0v) is 19.8. The zero-order valence-electron chi connectivity index (χ0n) is 19.0. The molecular weight excluding hydrogens is 461 g/mol. The van der Waals surface area contributed by atoms with E-state index in [0.717, 1.165) is 42.0 Å². The molecule has 0 atom stereocenters. The summed E-state index contributed by atoms with van der Waals surface area (Å²) in [6, 6.07) is 19.4. The van der Waals surface area contributed by atoms with E-state index in [1.54, 1.807) is 29.5 Å². The van der Waals surface area contributed by atoms with Gasteiger partial charge in [0, 0.05) is 17.4 Å². The summed E-state index contributed by atoms with van der Waals surface area (Å²) in [5.41, 5.74) is 11.7. The Morgan fingerprint density at radius 1 is 1.03 bits per heavy atom. The second-order valence-electron chi connectivity index (χ2n) is 9.11. The third kappa shape index (κ3) is 4.11. The summed E-state index contributed by atoms with van der Waals surface area (Å²) in [6.07, 6.45) is 3.02. The van der Waals surface area contributed by atoms with E-state index in [9.17, 15) is 9.18 Å². The molecule has 2 aliphatic rings. The van der Waals surface area contributed by atoms with Gasteiger partial charge in [0.2, 0.25) is 0 Å². The minimum Gasteiger partial charge on any atom is -0.397 e. The first-order valence-corrected chi connectivity index (χ1v) is 12.5. The van der Waals surface area contributed by atoms with Gasteiger partial charge in [0.1, 0.15) is 10.8 Å². The first-order valence-electron chi connectivity index (χ1n) is 11.7. The molecule has 0 radical (unpaired) electrons. The van der Waals surface area contributed by atoms with Crippen molar-refractivity contribution >= 4 is 28.6 Å². The van der Waals surface area contributed by atoms with Crippen LogP contribution in [0, 0.1) is 5.82 Å². The second-order valence-corrected chi connectivity index (χ2v) is 10.2. The van der Waals surface area contributed by atoms with E-state index < -0.39 is 0 Å². The second kappa shape index (κ2) is 8.59. The fourth-order valence-electron chi connectivity index (χ4n) is 4.60. The number of thiazole rings is 1. The number of carbonyl (C=O) groups excluding carboxylic acids is 1. The van der Waals surface area contributed by atoms with Crippen LogP contribution >= 0.6 is 11.3 Å². The highest BCUT2D eigenvalue weighted by Crippen LogP contribution is 2.55. The summed E-state index contributed by atoms with van der Waals surface area (Å²) < 4.78 is 18.9. The maximum Gasteiger partial charge on any atom is 0.255 e. The quantitative estimate of drug-likeness (QED) is 0.343. The van der Waals surface area contributed by atoms with Gasteiger partial charge in [0.25, 0.3) is 5.91 Å². The summed E-state index contributed by atoms with van der Waals surface area (Å²) in [5, 5.41) is 4.09. The van der Waals surface area contributed by atoms with Crippen LogP contribution in [-0.4, -0.2) is 17.5 Å². The molecule has 176 valence electrons. The molecule has 1 aliphatic heterocycles. The fourth-order valence-corrected chi connectivity index (χ4v) is 5.92. The number of rotatable bonds is 5. The number of hydrogen-bond donors (Lipinski definition) is 2. The third-order valence-electron chi connectivity index (χ3n) is 6.83. The first-order chi connectivity index (χ1) is 17.0. The van der Waals surface area contributed by atoms with Crippen molar-refractivity contribution in [3.63, 3.8) is 0 Å². The number of nitrogens with zero attached hydrogens (tertiary/aromatic N) is 1. The summed E-state index contributed by atoms with van der Waals surface area (Å²) in [7, 11) is 0. The number of aromatic nitrogens is 1. The van der Waals surface area contributed by atoms with Crippen LogP contribution in [0.5, 0.6) is 0 Å². The largest absolute Gasteiger partial charge is 0.397 e. The van der Waals surface area contributed by atoms with Crippen LogP contribution in [-0.2, 0) is 23.2 Å². The van der Waals surface area contributed by atoms with Gasteiger partial charge in [-0.2, -0.15) is 0 Å². The number of nitrogens with two attached hydrogens (primary N) is 1. The average Bonchev–Trinajstić information content (AvgIpc) is 3.58. The van der Waals surface area contributed by atoms with Gasteiger partial charge in [0.15, 0.2) is 0 Å². The fraction of sp³-hybridized carbons (Fsp3) is 0.214. The number of anilines is 2. The van der Waals surface area contributed by atoms with Crippen LogP contribution < -0.4 is 11.1 Å². The first kappa shape index (κ1) is 21.9. The maximum absolute atomic E-state index is 13.3. The highest BCUT2D eigenvalue weighted by atomic mass is 32.1. The molecule has 1 saturated carbocycles. The van der Waals surface area contributed by atoms with Gasteiger partial charge < -0.3 is 15.8 Å². The monoisotopic (exact) mass is 485 g/mol. The molecule has 3 aromatic carbocycles. The molecule has 1 amide bonds. The lowest BCUT2D eigenvalue weighted by Crippen LogP contribution is -2.14. The molecule has 5 nitrogen and oxygen atoms in total. The van der Waals surface area contributed by atoms with Crippen molar-refractivity contribution in [1.82, 2.24) is 4.98 Å². The minimum atomic E-state index is -0.294. The van der Waals surface area contributed by atoms with Gasteiger partial charge >= 0.3 is 0 Å². The Labute approximate surface area is 206 Å². The number of halogens is 1. The van der Waals surface area contributed by atoms with Gasteiger partial charge in [-0.25, -0.2) is 9.37 Å². The van der Waals surface area contributed by atoms with Gasteiger partial charge in [-0.1, -0.05) is 30.3 Å². The van der Waals surface area contributed by atoms with Crippen molar-refractivity contribution in [3.8, 4) is 11.1 Å². The van der Waals surface area contributed by atoms with Crippen LogP contribution in [0.2, 0.25) is 0 Å². The minimum absolute atomic E-state index is 0.0368. The summed E-state index contributed by atoms with van der Waals surface area (Å²) in [6.45, 7) is 1.40. The van der Waals surface area contributed by atoms with Gasteiger partial charge in [-0.15, -0.1) is 11.3 Å². The van der Waals surface area contributed by atoms with Gasteiger partial charge in [-0.05, 0) is 65.9 Å². The van der Waals surface area contributed by atoms with Crippen LogP contribution in [0.25, 0.3) is 11.1 Å². The van der Waals surface area contributed by atoms with E-state index >= 15 is 0 Å². The molecule has 0 spiro atoms. The Balaban J connectivity index is 1.21. The van der Waals surface area contributed by atoms with Crippen molar-refractivity contribution < 1.29 is 13.9 Å². The topological polar surface area (TPSA) is 77.2 Å². The summed E-state index contributed by atoms with van der Waals surface area (Å²) >= 11 is 1.76. The average molecular weight is 486 g/mol. The standard InChI is InChI=1S/C28H24FN3O2S/c29-21-8-3-17(4-9-21)19-5-10-22(30)24(15-19)31-26(33)18-1-6-20(7-2-18)28(12-13-28)27-32-23-11-14-34-16-25(23)35-27/h1-10,15H,11-14,16,30H2,(H,31,33). The summed E-state index contributed by atoms with van der Waals surface area (Å²) in [4.78, 5) is 19.2. The number of ether oxygens (including phenoxy) is 1. The van der Waals surface area contributed by atoms with Crippen molar-refractivity contribution in [3.05, 3.63) is 99.3 Å². The van der Waals surface area contributed by atoms with Crippen molar-refractivity contribution in [2.24, 2.45) is 0 Å². The Kier molecular flexibility index (Phi) is 5.39. The lowest BCUT2D eigenvalue weighted by molar-refractivity contribution is 0.102. The molecule has 0 saturated heterocycles. The highest BCUT2D eigenvalue weighted by molar-refractivity contribution is 7.12. The van der Waals surface area contributed by atoms with Crippen LogP contribution in [0.3, 0.4) is 0 Å². The Hall–Kier alpha value is -3.55. The van der Waals surface area contributed by atoms with Gasteiger partial charge in [-0.3, -0.25) is 4.79 Å². The number of amides is 1. The number of hydrogen-bond acceptors (Lipinski definition) is 5. The van der Waals surface area contributed by atoms with Crippen molar-refractivity contribution in [2.45, 2.75) is 31.3 Å². The molecule has 1 fully saturated rings. The molecule has 35 heavy (non-hydrogen) atoms. The molecule has 6 rings (SSSR count). The molecule has 3 N–H and O–H groups in total. The predicted octanol–water partition coefficient (Wildman–Crippen LogP) is 5.94. The van der Waals surface area contributed by atoms with Crippen LogP contribution in [0.4, 0.5) is 15.8 Å². The normalized spacial score (nSPS) is 15.9. The van der Waals surface area contributed by atoms with Crippen molar-refractivity contribution in [1.29, 1.82) is 0 Å². The Morgan fingerprint density at radius 2 is 1.77 bits per heavy atom. The Morgan fingerprint density at radius 3 is 2.49 bits per heavy atom. The van der Waals surface area contributed by atoms with Crippen LogP contribution in [0.15, 0.2) is 66.7 Å². The van der Waals surface area contributed by atoms with E-state index in [0.29, 0.717) is 23.5 Å². The number of carbonyl (C=O) groups is 1. The zero-order chi connectivity index (χ0) is 24.0. The number of nitrogen functional groups attached to an aromatic ring is 1. The van der Waals surface area contributed by atoms with E-state index in [4.69, 9.17) is 15.5 Å². The molecule has 0 unspecified atom stereocenters. The smallest absolute Gasteiger partial charge is 0.255 e. The van der Waals surface area contributed by atoms with E-state index in [-0.39, 0.29) is 17.1 Å². The molecule has 1 aliphatic carbocycles. The lowest BCUT2D eigenvalue weighted by atomic mass is 9.95. The van der Waals surface area contributed by atoms with Crippen molar-refractivity contribution in [2.75, 3.05) is 17.7 Å². The number of fused-ring (bicyclic) bond motifs is 1. The molecule has 4 aromatic rings. The molecule has 1 aromatic heterocycles. The highest BCUT2D eigenvalue weighted by Gasteiger charge is 2.49. The number of benzene rings is 3. The maximum atomic E-state index is 13.3. The molecule has 7 heteroatoms. The van der Waals surface area contributed by atoms with E-state index in [1.807, 2.05) is 36.4 Å². The number of nitrogens with one attached hydrogen (secondary N) is 1. The summed E-state index contributed by atoms with van der Waals surface area (Å²) in [5.74, 6) is -0.524. The molecular formula is C28H24FN3O2S. The Bertz CT molecular complexity index is 1390. The third-order valence-corrected chi connectivity index (χ3v) is 8.11. The van der Waals surface area contributed by atoms with E-state index in [2.05, 4.69) is 5.32 Å². The predicted molar refractivity (Wildman–Crippen MR) is 136 cm³/mol.